The highest BCUT2D eigenvalue weighted by Crippen LogP contribution is 2.28. The molecule has 1 aliphatic heterocycles. The molecule has 2 fully saturated rings. The summed E-state index contributed by atoms with van der Waals surface area (Å²) in [7, 11) is 1.85. The Hall–Kier alpha value is -2.01. The fourth-order valence-electron chi connectivity index (χ4n) is 4.67. The third-order valence-electron chi connectivity index (χ3n) is 6.66. The van der Waals surface area contributed by atoms with Gasteiger partial charge in [-0.2, -0.15) is 0 Å². The molecule has 1 aromatic carbocycles. The lowest BCUT2D eigenvalue weighted by Crippen LogP contribution is -2.49. The van der Waals surface area contributed by atoms with E-state index >= 15 is 0 Å². The molecule has 1 unspecified atom stereocenters. The van der Waals surface area contributed by atoms with Crippen molar-refractivity contribution in [1.29, 1.82) is 0 Å². The van der Waals surface area contributed by atoms with Crippen LogP contribution >= 0.6 is 0 Å². The van der Waals surface area contributed by atoms with Crippen molar-refractivity contribution in [2.24, 2.45) is 5.92 Å². The van der Waals surface area contributed by atoms with E-state index in [1.54, 1.807) is 4.90 Å². The van der Waals surface area contributed by atoms with Gasteiger partial charge in [-0.1, -0.05) is 31.0 Å². The van der Waals surface area contributed by atoms with E-state index in [0.29, 0.717) is 0 Å². The molecule has 0 radical (unpaired) electrons. The molecule has 1 atom stereocenters. The van der Waals surface area contributed by atoms with Crippen LogP contribution in [0.1, 0.15) is 57.3 Å². The number of benzene rings is 1. The molecule has 1 saturated carbocycles. The number of likely N-dealkylation sites (tertiary alicyclic amines) is 1. The van der Waals surface area contributed by atoms with E-state index in [9.17, 15) is 4.79 Å². The maximum absolute atomic E-state index is 12.8. The summed E-state index contributed by atoms with van der Waals surface area (Å²) in [5, 5.41) is 4.31. The lowest BCUT2D eigenvalue weighted by molar-refractivity contribution is 0.156. The van der Waals surface area contributed by atoms with E-state index in [1.807, 2.05) is 44.3 Å². The van der Waals surface area contributed by atoms with Gasteiger partial charge in [-0.05, 0) is 50.7 Å². The minimum absolute atomic E-state index is 0.0119. The van der Waals surface area contributed by atoms with E-state index in [-0.39, 0.29) is 18.1 Å². The van der Waals surface area contributed by atoms with E-state index in [2.05, 4.69) is 10.2 Å². The first kappa shape index (κ1) is 19.3. The summed E-state index contributed by atoms with van der Waals surface area (Å²) in [6.45, 7) is 5.47. The second-order valence-electron chi connectivity index (χ2n) is 8.65. The van der Waals surface area contributed by atoms with Crippen molar-refractivity contribution in [2.45, 2.75) is 57.5 Å². The van der Waals surface area contributed by atoms with Gasteiger partial charge in [0.2, 0.25) is 0 Å². The minimum atomic E-state index is -0.102. The van der Waals surface area contributed by atoms with Gasteiger partial charge in [0.15, 0.2) is 0 Å². The van der Waals surface area contributed by atoms with E-state index in [1.165, 1.54) is 32.2 Å². The largest absolute Gasteiger partial charge is 0.459 e. The summed E-state index contributed by atoms with van der Waals surface area (Å²) < 4.78 is 5.94. The van der Waals surface area contributed by atoms with Gasteiger partial charge < -0.3 is 19.5 Å². The second kappa shape index (κ2) is 8.56. The van der Waals surface area contributed by atoms with Crippen LogP contribution < -0.4 is 5.32 Å². The lowest BCUT2D eigenvalue weighted by atomic mass is 10.0. The molecule has 2 heterocycles. The van der Waals surface area contributed by atoms with Crippen molar-refractivity contribution in [3.63, 3.8) is 0 Å². The number of amides is 2. The maximum Gasteiger partial charge on any atom is 0.317 e. The fourth-order valence-corrected chi connectivity index (χ4v) is 4.67. The minimum Gasteiger partial charge on any atom is -0.459 e. The number of piperidine rings is 1. The Bertz CT molecular complexity index is 755. The number of para-hydroxylation sites is 1. The Morgan fingerprint density at radius 2 is 1.93 bits per heavy atom. The molecule has 5 heteroatoms. The van der Waals surface area contributed by atoms with Crippen LogP contribution in [-0.4, -0.2) is 48.6 Å². The average Bonchev–Trinajstić information content (AvgIpc) is 3.37. The first-order chi connectivity index (χ1) is 13.6. The third kappa shape index (κ3) is 4.35. The van der Waals surface area contributed by atoms with Crippen LogP contribution in [0.4, 0.5) is 4.79 Å². The predicted octanol–water partition coefficient (Wildman–Crippen LogP) is 4.79. The predicted molar refractivity (Wildman–Crippen MR) is 112 cm³/mol. The smallest absolute Gasteiger partial charge is 0.317 e. The topological polar surface area (TPSA) is 48.7 Å². The van der Waals surface area contributed by atoms with Crippen LogP contribution in [0.25, 0.3) is 11.0 Å². The number of nitrogens with one attached hydrogen (secondary N) is 1. The van der Waals surface area contributed by atoms with Gasteiger partial charge in [-0.3, -0.25) is 0 Å². The molecule has 1 N–H and O–H groups in total. The van der Waals surface area contributed by atoms with Crippen molar-refractivity contribution < 1.29 is 9.21 Å². The Morgan fingerprint density at radius 1 is 1.21 bits per heavy atom. The van der Waals surface area contributed by atoms with Crippen molar-refractivity contribution in [3.05, 3.63) is 36.1 Å². The first-order valence-electron chi connectivity index (χ1n) is 10.8. The Labute approximate surface area is 168 Å². The SMILES string of the molecule is CC(c1cc2ccccc2o1)N(C)C(=O)NC1CCN(CC2CCCC2)CC1. The maximum atomic E-state index is 12.8. The lowest BCUT2D eigenvalue weighted by Gasteiger charge is -2.35. The molecular formula is C23H33N3O2. The average molecular weight is 384 g/mol. The zero-order chi connectivity index (χ0) is 19.5. The van der Waals surface area contributed by atoms with Crippen molar-refractivity contribution in [3.8, 4) is 0 Å². The zero-order valence-electron chi connectivity index (χ0n) is 17.2. The highest BCUT2D eigenvalue weighted by atomic mass is 16.3. The standard InChI is InChI=1S/C23H33N3O2/c1-17(22-15-19-9-5-6-10-21(19)28-22)25(2)23(27)24-20-11-13-26(14-12-20)16-18-7-3-4-8-18/h5-6,9-10,15,17-18,20H,3-4,7-8,11-14,16H2,1-2H3,(H,24,27). The number of rotatable bonds is 5. The Morgan fingerprint density at radius 3 is 2.64 bits per heavy atom. The number of carbonyl (C=O) groups is 1. The number of hydrogen-bond acceptors (Lipinski definition) is 3. The summed E-state index contributed by atoms with van der Waals surface area (Å²) in [5.74, 6) is 1.73. The quantitative estimate of drug-likeness (QED) is 0.807. The number of urea groups is 1. The van der Waals surface area contributed by atoms with Gasteiger partial charge >= 0.3 is 6.03 Å². The molecule has 1 aromatic heterocycles. The van der Waals surface area contributed by atoms with E-state index < -0.39 is 0 Å². The fraction of sp³-hybridized carbons (Fsp3) is 0.609. The third-order valence-corrected chi connectivity index (χ3v) is 6.66. The summed E-state index contributed by atoms with van der Waals surface area (Å²) in [4.78, 5) is 17.1. The van der Waals surface area contributed by atoms with Crippen LogP contribution in [0.3, 0.4) is 0 Å². The van der Waals surface area contributed by atoms with Crippen LogP contribution in [0.15, 0.2) is 34.7 Å². The van der Waals surface area contributed by atoms with Crippen LogP contribution in [0, 0.1) is 5.92 Å². The molecule has 5 nitrogen and oxygen atoms in total. The summed E-state index contributed by atoms with van der Waals surface area (Å²) >= 11 is 0. The number of fused-ring (bicyclic) bond motifs is 1. The monoisotopic (exact) mass is 383 g/mol. The Kier molecular flexibility index (Phi) is 5.90. The van der Waals surface area contributed by atoms with Gasteiger partial charge in [-0.25, -0.2) is 4.79 Å². The van der Waals surface area contributed by atoms with E-state index in [4.69, 9.17) is 4.42 Å². The number of furan rings is 1. The Balaban J connectivity index is 1.27. The molecule has 4 rings (SSSR count). The highest BCUT2D eigenvalue weighted by Gasteiger charge is 2.27. The van der Waals surface area contributed by atoms with Crippen molar-refractivity contribution in [1.82, 2.24) is 15.1 Å². The first-order valence-corrected chi connectivity index (χ1v) is 10.8. The zero-order valence-corrected chi connectivity index (χ0v) is 17.2. The molecule has 152 valence electrons. The van der Waals surface area contributed by atoms with Gasteiger partial charge in [0, 0.05) is 38.1 Å². The number of carbonyl (C=O) groups excluding carboxylic acids is 1. The summed E-state index contributed by atoms with van der Waals surface area (Å²) in [6, 6.07) is 10.2. The van der Waals surface area contributed by atoms with Gasteiger partial charge in [0.05, 0.1) is 6.04 Å². The second-order valence-corrected chi connectivity index (χ2v) is 8.65. The number of hydrogen-bond donors (Lipinski definition) is 1. The normalized spacial score (nSPS) is 20.5. The van der Waals surface area contributed by atoms with Crippen LogP contribution in [0.5, 0.6) is 0 Å². The number of nitrogens with zero attached hydrogens (tertiary/aromatic N) is 2. The van der Waals surface area contributed by atoms with Crippen LogP contribution in [-0.2, 0) is 0 Å². The molecule has 1 saturated heterocycles. The van der Waals surface area contributed by atoms with Crippen molar-refractivity contribution in [2.75, 3.05) is 26.7 Å². The van der Waals surface area contributed by atoms with Gasteiger partial charge in [-0.15, -0.1) is 0 Å². The van der Waals surface area contributed by atoms with Crippen molar-refractivity contribution >= 4 is 17.0 Å². The molecule has 28 heavy (non-hydrogen) atoms. The molecule has 2 aliphatic rings. The molecule has 0 bridgehead atoms. The molecule has 0 spiro atoms. The van der Waals surface area contributed by atoms with Gasteiger partial charge in [0.1, 0.15) is 11.3 Å². The summed E-state index contributed by atoms with van der Waals surface area (Å²) in [5.41, 5.74) is 0.868. The molecule has 2 aromatic rings. The van der Waals surface area contributed by atoms with Crippen LogP contribution in [0.2, 0.25) is 0 Å². The highest BCUT2D eigenvalue weighted by molar-refractivity contribution is 5.78. The molecular weight excluding hydrogens is 350 g/mol. The van der Waals surface area contributed by atoms with E-state index in [0.717, 1.165) is 48.6 Å². The molecule has 2 amide bonds. The molecule has 1 aliphatic carbocycles. The van der Waals surface area contributed by atoms with Gasteiger partial charge in [0.25, 0.3) is 0 Å². The summed E-state index contributed by atoms with van der Waals surface area (Å²) in [6.07, 6.45) is 7.72.